The molecule has 0 bridgehead atoms. The van der Waals surface area contributed by atoms with Gasteiger partial charge in [0.1, 0.15) is 12.4 Å². The lowest BCUT2D eigenvalue weighted by atomic mass is 10.2. The SMILES string of the molecule is COC(=O)CSc1nnc(COc2ccc(C)cc2)n1-c1ccccc1. The molecule has 0 spiro atoms. The first kappa shape index (κ1) is 18.0. The van der Waals surface area contributed by atoms with Crippen molar-refractivity contribution in [1.82, 2.24) is 14.8 Å². The molecule has 26 heavy (non-hydrogen) atoms. The Morgan fingerprint density at radius 1 is 1.08 bits per heavy atom. The first-order valence-corrected chi connectivity index (χ1v) is 9.04. The molecule has 0 saturated heterocycles. The lowest BCUT2D eigenvalue weighted by Crippen LogP contribution is -2.08. The maximum absolute atomic E-state index is 11.5. The van der Waals surface area contributed by atoms with E-state index in [4.69, 9.17) is 9.47 Å². The highest BCUT2D eigenvalue weighted by Crippen LogP contribution is 2.23. The molecule has 0 aliphatic carbocycles. The molecule has 2 aromatic carbocycles. The molecule has 0 unspecified atom stereocenters. The second kappa shape index (κ2) is 8.53. The van der Waals surface area contributed by atoms with Crippen molar-refractivity contribution in [2.45, 2.75) is 18.7 Å². The Balaban J connectivity index is 1.83. The van der Waals surface area contributed by atoms with Crippen molar-refractivity contribution in [2.24, 2.45) is 0 Å². The number of rotatable bonds is 7. The number of ether oxygens (including phenoxy) is 2. The van der Waals surface area contributed by atoms with E-state index in [1.807, 2.05) is 66.1 Å². The van der Waals surface area contributed by atoms with Crippen LogP contribution in [0.4, 0.5) is 0 Å². The summed E-state index contributed by atoms with van der Waals surface area (Å²) >= 11 is 1.28. The first-order chi connectivity index (χ1) is 12.7. The van der Waals surface area contributed by atoms with Crippen LogP contribution in [0.3, 0.4) is 0 Å². The van der Waals surface area contributed by atoms with E-state index >= 15 is 0 Å². The Morgan fingerprint density at radius 2 is 1.81 bits per heavy atom. The molecule has 0 fully saturated rings. The van der Waals surface area contributed by atoms with E-state index in [0.717, 1.165) is 11.4 Å². The predicted octanol–water partition coefficient (Wildman–Crippen LogP) is 3.42. The van der Waals surface area contributed by atoms with Crippen LogP contribution < -0.4 is 4.74 Å². The minimum absolute atomic E-state index is 0.167. The lowest BCUT2D eigenvalue weighted by molar-refractivity contribution is -0.137. The fourth-order valence-corrected chi connectivity index (χ4v) is 3.09. The molecule has 0 radical (unpaired) electrons. The Bertz CT molecular complexity index is 863. The van der Waals surface area contributed by atoms with Crippen LogP contribution in [0.15, 0.2) is 59.8 Å². The van der Waals surface area contributed by atoms with Crippen molar-refractivity contribution in [3.05, 3.63) is 66.0 Å². The van der Waals surface area contributed by atoms with Crippen molar-refractivity contribution in [3.8, 4) is 11.4 Å². The molecule has 0 aliphatic heterocycles. The third-order valence-electron chi connectivity index (χ3n) is 3.65. The molecular weight excluding hydrogens is 350 g/mol. The van der Waals surface area contributed by atoms with Crippen LogP contribution in [0.5, 0.6) is 5.75 Å². The van der Waals surface area contributed by atoms with E-state index in [-0.39, 0.29) is 18.3 Å². The lowest BCUT2D eigenvalue weighted by Gasteiger charge is -2.11. The van der Waals surface area contributed by atoms with Crippen molar-refractivity contribution in [1.29, 1.82) is 0 Å². The largest absolute Gasteiger partial charge is 0.486 e. The predicted molar refractivity (Wildman–Crippen MR) is 99.6 cm³/mol. The number of benzene rings is 2. The molecule has 0 saturated carbocycles. The van der Waals surface area contributed by atoms with Crippen LogP contribution in [-0.4, -0.2) is 33.6 Å². The number of hydrogen-bond acceptors (Lipinski definition) is 6. The summed E-state index contributed by atoms with van der Waals surface area (Å²) in [5, 5.41) is 9.07. The van der Waals surface area contributed by atoms with Gasteiger partial charge in [-0.3, -0.25) is 9.36 Å². The Labute approximate surface area is 156 Å². The molecular formula is C19H19N3O3S. The van der Waals surface area contributed by atoms with Gasteiger partial charge in [-0.05, 0) is 31.2 Å². The summed E-state index contributed by atoms with van der Waals surface area (Å²) in [6, 6.07) is 17.6. The van der Waals surface area contributed by atoms with Gasteiger partial charge in [-0.1, -0.05) is 47.7 Å². The minimum Gasteiger partial charge on any atom is -0.486 e. The second-order valence-electron chi connectivity index (χ2n) is 5.54. The minimum atomic E-state index is -0.310. The van der Waals surface area contributed by atoms with Crippen molar-refractivity contribution in [2.75, 3.05) is 12.9 Å². The molecule has 134 valence electrons. The molecule has 0 aliphatic rings. The molecule has 0 amide bonds. The standard InChI is InChI=1S/C19H19N3O3S/c1-14-8-10-16(11-9-14)25-12-17-20-21-19(26-13-18(23)24-2)22(17)15-6-4-3-5-7-15/h3-11H,12-13H2,1-2H3. The molecule has 1 heterocycles. The quantitative estimate of drug-likeness (QED) is 0.470. The van der Waals surface area contributed by atoms with Gasteiger partial charge in [-0.2, -0.15) is 0 Å². The topological polar surface area (TPSA) is 66.2 Å². The van der Waals surface area contributed by atoms with Gasteiger partial charge < -0.3 is 9.47 Å². The van der Waals surface area contributed by atoms with Gasteiger partial charge in [0.15, 0.2) is 11.0 Å². The molecule has 0 atom stereocenters. The summed E-state index contributed by atoms with van der Waals surface area (Å²) in [5.74, 6) is 1.28. The summed E-state index contributed by atoms with van der Waals surface area (Å²) < 4.78 is 12.4. The molecule has 0 N–H and O–H groups in total. The zero-order valence-corrected chi connectivity index (χ0v) is 15.4. The highest BCUT2D eigenvalue weighted by Gasteiger charge is 2.16. The van der Waals surface area contributed by atoms with Gasteiger partial charge in [-0.15, -0.1) is 10.2 Å². The number of hydrogen-bond donors (Lipinski definition) is 0. The van der Waals surface area contributed by atoms with Crippen LogP contribution >= 0.6 is 11.8 Å². The molecule has 3 rings (SSSR count). The van der Waals surface area contributed by atoms with Gasteiger partial charge in [0, 0.05) is 5.69 Å². The average molecular weight is 369 g/mol. The number of carbonyl (C=O) groups is 1. The van der Waals surface area contributed by atoms with Gasteiger partial charge >= 0.3 is 5.97 Å². The zero-order chi connectivity index (χ0) is 18.4. The second-order valence-corrected chi connectivity index (χ2v) is 6.48. The summed E-state index contributed by atoms with van der Waals surface area (Å²) in [5.41, 5.74) is 2.08. The van der Waals surface area contributed by atoms with Crippen LogP contribution in [-0.2, 0) is 16.1 Å². The van der Waals surface area contributed by atoms with Gasteiger partial charge in [0.05, 0.1) is 12.9 Å². The van der Waals surface area contributed by atoms with Gasteiger partial charge in [-0.25, -0.2) is 0 Å². The Kier molecular flexibility index (Phi) is 5.91. The highest BCUT2D eigenvalue weighted by molar-refractivity contribution is 7.99. The maximum atomic E-state index is 11.5. The number of carbonyl (C=O) groups excluding carboxylic acids is 1. The number of aromatic nitrogens is 3. The van der Waals surface area contributed by atoms with E-state index in [9.17, 15) is 4.79 Å². The van der Waals surface area contributed by atoms with E-state index < -0.39 is 0 Å². The monoisotopic (exact) mass is 369 g/mol. The first-order valence-electron chi connectivity index (χ1n) is 8.06. The third-order valence-corrected chi connectivity index (χ3v) is 4.55. The summed E-state index contributed by atoms with van der Waals surface area (Å²) in [4.78, 5) is 11.5. The van der Waals surface area contributed by atoms with Crippen LogP contribution in [0.25, 0.3) is 5.69 Å². The van der Waals surface area contributed by atoms with E-state index in [2.05, 4.69) is 10.2 Å². The highest BCUT2D eigenvalue weighted by atomic mass is 32.2. The maximum Gasteiger partial charge on any atom is 0.316 e. The van der Waals surface area contributed by atoms with Crippen LogP contribution in [0, 0.1) is 6.92 Å². The van der Waals surface area contributed by atoms with E-state index in [0.29, 0.717) is 11.0 Å². The van der Waals surface area contributed by atoms with Crippen LogP contribution in [0.1, 0.15) is 11.4 Å². The molecule has 3 aromatic rings. The molecule has 1 aromatic heterocycles. The number of thioether (sulfide) groups is 1. The fraction of sp³-hybridized carbons (Fsp3) is 0.211. The number of methoxy groups -OCH3 is 1. The Hall–Kier alpha value is -2.80. The third kappa shape index (κ3) is 4.43. The van der Waals surface area contributed by atoms with E-state index in [1.165, 1.54) is 24.4 Å². The van der Waals surface area contributed by atoms with Crippen molar-refractivity contribution in [3.63, 3.8) is 0 Å². The van der Waals surface area contributed by atoms with Crippen LogP contribution in [0.2, 0.25) is 0 Å². The average Bonchev–Trinajstić information content (AvgIpc) is 3.09. The number of aryl methyl sites for hydroxylation is 1. The normalized spacial score (nSPS) is 10.5. The van der Waals surface area contributed by atoms with Gasteiger partial charge in [0.2, 0.25) is 0 Å². The van der Waals surface area contributed by atoms with E-state index in [1.54, 1.807) is 0 Å². The number of esters is 1. The summed E-state index contributed by atoms with van der Waals surface area (Å²) in [6.07, 6.45) is 0. The number of nitrogens with zero attached hydrogens (tertiary/aromatic N) is 3. The number of para-hydroxylation sites is 1. The van der Waals surface area contributed by atoms with Crippen molar-refractivity contribution < 1.29 is 14.3 Å². The molecule has 7 heteroatoms. The smallest absolute Gasteiger partial charge is 0.316 e. The van der Waals surface area contributed by atoms with Gasteiger partial charge in [0.25, 0.3) is 0 Å². The molecule has 6 nitrogen and oxygen atoms in total. The fourth-order valence-electron chi connectivity index (χ4n) is 2.29. The van der Waals surface area contributed by atoms with Crippen molar-refractivity contribution >= 4 is 17.7 Å². The zero-order valence-electron chi connectivity index (χ0n) is 14.6. The summed E-state index contributed by atoms with van der Waals surface area (Å²) in [6.45, 7) is 2.30. The summed E-state index contributed by atoms with van der Waals surface area (Å²) in [7, 11) is 1.37. The Morgan fingerprint density at radius 3 is 2.50 bits per heavy atom.